The largest absolute Gasteiger partial charge is 0.353 e. The fraction of sp³-hybridized carbons (Fsp3) is 0. The van der Waals surface area contributed by atoms with E-state index >= 15 is 0 Å². The Hall–Kier alpha value is -2.85. The first-order chi connectivity index (χ1) is 8.74. The van der Waals surface area contributed by atoms with Gasteiger partial charge in [0.05, 0.1) is 16.8 Å². The van der Waals surface area contributed by atoms with Gasteiger partial charge in [0, 0.05) is 5.69 Å². The van der Waals surface area contributed by atoms with Crippen LogP contribution >= 0.6 is 0 Å². The molecule has 0 aliphatic rings. The van der Waals surface area contributed by atoms with Crippen LogP contribution in [0.4, 0.5) is 15.8 Å². The second kappa shape index (κ2) is 4.99. The monoisotopic (exact) mass is 237 g/mol. The van der Waals surface area contributed by atoms with E-state index in [-0.39, 0.29) is 5.82 Å². The smallest absolute Gasteiger partial charge is 0.123 e. The Morgan fingerprint density at radius 3 is 1.94 bits per heavy atom. The van der Waals surface area contributed by atoms with Gasteiger partial charge >= 0.3 is 0 Å². The lowest BCUT2D eigenvalue weighted by Crippen LogP contribution is -1.97. The van der Waals surface area contributed by atoms with Crippen LogP contribution in [0, 0.1) is 28.5 Å². The zero-order valence-corrected chi connectivity index (χ0v) is 9.31. The predicted octanol–water partition coefficient (Wildman–Crippen LogP) is 3.31. The number of halogens is 1. The van der Waals surface area contributed by atoms with Crippen LogP contribution in [0.3, 0.4) is 0 Å². The highest BCUT2D eigenvalue weighted by Gasteiger charge is 2.08. The summed E-state index contributed by atoms with van der Waals surface area (Å²) in [6.45, 7) is 0. The van der Waals surface area contributed by atoms with Crippen molar-refractivity contribution in [2.24, 2.45) is 0 Å². The molecule has 0 aromatic heterocycles. The van der Waals surface area contributed by atoms with Crippen molar-refractivity contribution >= 4 is 11.4 Å². The fourth-order valence-electron chi connectivity index (χ4n) is 1.55. The van der Waals surface area contributed by atoms with Gasteiger partial charge < -0.3 is 5.32 Å². The molecule has 0 unspecified atom stereocenters. The van der Waals surface area contributed by atoms with Crippen LogP contribution in [0.15, 0.2) is 42.5 Å². The minimum Gasteiger partial charge on any atom is -0.353 e. The maximum absolute atomic E-state index is 12.8. The number of rotatable bonds is 2. The van der Waals surface area contributed by atoms with Crippen LogP contribution in [-0.2, 0) is 0 Å². The lowest BCUT2D eigenvalue weighted by molar-refractivity contribution is 0.628. The third-order valence-electron chi connectivity index (χ3n) is 2.42. The molecule has 1 N–H and O–H groups in total. The van der Waals surface area contributed by atoms with E-state index in [1.165, 1.54) is 12.1 Å². The molecule has 18 heavy (non-hydrogen) atoms. The molecule has 0 saturated carbocycles. The molecule has 0 bridgehead atoms. The molecule has 0 atom stereocenters. The highest BCUT2D eigenvalue weighted by molar-refractivity contribution is 5.72. The van der Waals surface area contributed by atoms with Gasteiger partial charge in [0.1, 0.15) is 18.0 Å². The van der Waals surface area contributed by atoms with Crippen molar-refractivity contribution in [1.29, 1.82) is 10.5 Å². The van der Waals surface area contributed by atoms with Crippen molar-refractivity contribution in [2.45, 2.75) is 0 Å². The predicted molar refractivity (Wildman–Crippen MR) is 65.6 cm³/mol. The topological polar surface area (TPSA) is 59.6 Å². The van der Waals surface area contributed by atoms with Gasteiger partial charge in [-0.3, -0.25) is 0 Å². The highest BCUT2D eigenvalue weighted by atomic mass is 19.1. The summed E-state index contributed by atoms with van der Waals surface area (Å²) in [4.78, 5) is 0. The van der Waals surface area contributed by atoms with Crippen LogP contribution in [0.5, 0.6) is 0 Å². The Morgan fingerprint density at radius 2 is 1.44 bits per heavy atom. The van der Waals surface area contributed by atoms with E-state index in [2.05, 4.69) is 5.32 Å². The molecule has 4 heteroatoms. The van der Waals surface area contributed by atoms with E-state index in [0.717, 1.165) is 0 Å². The standard InChI is InChI=1S/C14H8FN3/c15-12-4-6-13(7-5-12)18-14-10(8-16)2-1-3-11(14)9-17/h1-7,18H. The molecule has 2 rings (SSSR count). The molecule has 3 nitrogen and oxygen atoms in total. The maximum atomic E-state index is 12.8. The van der Waals surface area contributed by atoms with Crippen LogP contribution in [0.1, 0.15) is 11.1 Å². The molecule has 86 valence electrons. The molecular weight excluding hydrogens is 229 g/mol. The van der Waals surface area contributed by atoms with E-state index < -0.39 is 0 Å². The zero-order valence-electron chi connectivity index (χ0n) is 9.31. The third-order valence-corrected chi connectivity index (χ3v) is 2.42. The van der Waals surface area contributed by atoms with Crippen molar-refractivity contribution in [1.82, 2.24) is 0 Å². The molecule has 0 aliphatic carbocycles. The van der Waals surface area contributed by atoms with Gasteiger partial charge in [0.25, 0.3) is 0 Å². The number of nitrogens with one attached hydrogen (secondary N) is 1. The van der Waals surface area contributed by atoms with Crippen molar-refractivity contribution in [3.8, 4) is 12.1 Å². The summed E-state index contributed by atoms with van der Waals surface area (Å²) in [7, 11) is 0. The molecule has 0 amide bonds. The summed E-state index contributed by atoms with van der Waals surface area (Å²) < 4.78 is 12.8. The lowest BCUT2D eigenvalue weighted by Gasteiger charge is -2.09. The minimum absolute atomic E-state index is 0.338. The molecule has 0 fully saturated rings. The van der Waals surface area contributed by atoms with Gasteiger partial charge in [-0.15, -0.1) is 0 Å². The molecule has 0 aliphatic heterocycles. The summed E-state index contributed by atoms with van der Waals surface area (Å²) >= 11 is 0. The summed E-state index contributed by atoms with van der Waals surface area (Å²) in [6.07, 6.45) is 0. The Labute approximate surface area is 104 Å². The zero-order chi connectivity index (χ0) is 13.0. The minimum atomic E-state index is -0.338. The molecule has 2 aromatic carbocycles. The summed E-state index contributed by atoms with van der Waals surface area (Å²) in [5.74, 6) is -0.338. The molecule has 0 spiro atoms. The van der Waals surface area contributed by atoms with Crippen molar-refractivity contribution in [3.05, 3.63) is 59.4 Å². The molecule has 0 saturated heterocycles. The summed E-state index contributed by atoms with van der Waals surface area (Å²) in [5.41, 5.74) is 1.81. The normalized spacial score (nSPS) is 9.28. The van der Waals surface area contributed by atoms with E-state index in [9.17, 15) is 4.39 Å². The fourth-order valence-corrected chi connectivity index (χ4v) is 1.55. The number of anilines is 2. The molecular formula is C14H8FN3. The third kappa shape index (κ3) is 2.28. The SMILES string of the molecule is N#Cc1cccc(C#N)c1Nc1ccc(F)cc1. The Morgan fingerprint density at radius 1 is 0.889 bits per heavy atom. The van der Waals surface area contributed by atoms with Crippen LogP contribution in [-0.4, -0.2) is 0 Å². The second-order valence-corrected chi connectivity index (χ2v) is 3.58. The number of nitrogens with zero attached hydrogens (tertiary/aromatic N) is 2. The average molecular weight is 237 g/mol. The van der Waals surface area contributed by atoms with Gasteiger partial charge in [0.2, 0.25) is 0 Å². The first kappa shape index (κ1) is 11.6. The first-order valence-corrected chi connectivity index (χ1v) is 5.20. The van der Waals surface area contributed by atoms with Crippen LogP contribution in [0.25, 0.3) is 0 Å². The van der Waals surface area contributed by atoms with Crippen molar-refractivity contribution in [3.63, 3.8) is 0 Å². The average Bonchev–Trinajstić information content (AvgIpc) is 2.41. The lowest BCUT2D eigenvalue weighted by atomic mass is 10.1. The number of nitriles is 2. The van der Waals surface area contributed by atoms with E-state index in [4.69, 9.17) is 10.5 Å². The van der Waals surface area contributed by atoms with E-state index in [0.29, 0.717) is 22.5 Å². The van der Waals surface area contributed by atoms with Crippen LogP contribution < -0.4 is 5.32 Å². The van der Waals surface area contributed by atoms with Gasteiger partial charge in [0.15, 0.2) is 0 Å². The van der Waals surface area contributed by atoms with Crippen molar-refractivity contribution in [2.75, 3.05) is 5.32 Å². The number of hydrogen-bond acceptors (Lipinski definition) is 3. The van der Waals surface area contributed by atoms with Gasteiger partial charge in [-0.05, 0) is 36.4 Å². The van der Waals surface area contributed by atoms with E-state index in [1.54, 1.807) is 30.3 Å². The quantitative estimate of drug-likeness (QED) is 0.871. The Balaban J connectivity index is 2.43. The number of para-hydroxylation sites is 1. The number of hydrogen-bond donors (Lipinski definition) is 1. The molecule has 2 aromatic rings. The second-order valence-electron chi connectivity index (χ2n) is 3.58. The van der Waals surface area contributed by atoms with Gasteiger partial charge in [-0.1, -0.05) is 6.07 Å². The maximum Gasteiger partial charge on any atom is 0.123 e. The van der Waals surface area contributed by atoms with Crippen LogP contribution in [0.2, 0.25) is 0 Å². The number of benzene rings is 2. The summed E-state index contributed by atoms with van der Waals surface area (Å²) in [5, 5.41) is 21.0. The highest BCUT2D eigenvalue weighted by Crippen LogP contribution is 2.24. The van der Waals surface area contributed by atoms with Crippen molar-refractivity contribution < 1.29 is 4.39 Å². The van der Waals surface area contributed by atoms with Gasteiger partial charge in [-0.25, -0.2) is 4.39 Å². The molecule has 0 radical (unpaired) electrons. The summed E-state index contributed by atoms with van der Waals surface area (Å²) in [6, 6.07) is 14.6. The Kier molecular flexibility index (Phi) is 3.22. The Bertz CT molecular complexity index is 616. The van der Waals surface area contributed by atoms with Gasteiger partial charge in [-0.2, -0.15) is 10.5 Å². The first-order valence-electron chi connectivity index (χ1n) is 5.20. The van der Waals surface area contributed by atoms with E-state index in [1.807, 2.05) is 12.1 Å². The molecule has 0 heterocycles.